The van der Waals surface area contributed by atoms with Crippen molar-refractivity contribution in [1.29, 1.82) is 0 Å². The molecule has 70 valence electrons. The zero-order valence-corrected chi connectivity index (χ0v) is 8.05. The average Bonchev–Trinajstić information content (AvgIpc) is 2.03. The number of rotatable bonds is 2. The van der Waals surface area contributed by atoms with Crippen LogP contribution >= 0.6 is 0 Å². The third-order valence-electron chi connectivity index (χ3n) is 3.46. The Labute approximate surface area is 75.3 Å². The molecule has 2 saturated heterocycles. The second kappa shape index (κ2) is 3.75. The van der Waals surface area contributed by atoms with E-state index in [0.29, 0.717) is 0 Å². The number of likely N-dealkylation sites (tertiary alicyclic amines) is 1. The first-order chi connectivity index (χ1) is 5.88. The minimum Gasteiger partial charge on any atom is -0.316 e. The second-order valence-electron chi connectivity index (χ2n) is 4.26. The number of hydrogen-bond acceptors (Lipinski definition) is 2. The van der Waals surface area contributed by atoms with E-state index in [-0.39, 0.29) is 0 Å². The maximum absolute atomic E-state index is 3.35. The lowest BCUT2D eigenvalue weighted by Crippen LogP contribution is -2.54. The van der Waals surface area contributed by atoms with E-state index in [4.69, 9.17) is 0 Å². The van der Waals surface area contributed by atoms with Gasteiger partial charge in [0, 0.05) is 19.1 Å². The molecule has 0 aromatic heterocycles. The van der Waals surface area contributed by atoms with Gasteiger partial charge in [-0.3, -0.25) is 0 Å². The highest BCUT2D eigenvalue weighted by molar-refractivity contribution is 4.86. The van der Waals surface area contributed by atoms with Crippen molar-refractivity contribution in [3.8, 4) is 0 Å². The Balaban J connectivity index is 1.80. The van der Waals surface area contributed by atoms with Crippen molar-refractivity contribution in [1.82, 2.24) is 10.2 Å². The van der Waals surface area contributed by atoms with Crippen LogP contribution in [0.15, 0.2) is 0 Å². The predicted octanol–water partition coefficient (Wildman–Crippen LogP) is 1.08. The van der Waals surface area contributed by atoms with E-state index in [1.807, 2.05) is 0 Å². The second-order valence-corrected chi connectivity index (χ2v) is 4.26. The Bertz CT molecular complexity index is 137. The van der Waals surface area contributed by atoms with Gasteiger partial charge in [0.15, 0.2) is 0 Å². The fourth-order valence-corrected chi connectivity index (χ4v) is 2.28. The van der Waals surface area contributed by atoms with E-state index in [0.717, 1.165) is 12.0 Å². The van der Waals surface area contributed by atoms with Gasteiger partial charge in [0.05, 0.1) is 0 Å². The Kier molecular flexibility index (Phi) is 2.66. The Morgan fingerprint density at radius 2 is 1.83 bits per heavy atom. The summed E-state index contributed by atoms with van der Waals surface area (Å²) < 4.78 is 0. The lowest BCUT2D eigenvalue weighted by molar-refractivity contribution is 0.102. The van der Waals surface area contributed by atoms with Gasteiger partial charge < -0.3 is 10.2 Å². The molecule has 0 aliphatic carbocycles. The normalized spacial score (nSPS) is 29.8. The Hall–Kier alpha value is -0.0800. The van der Waals surface area contributed by atoms with Crippen LogP contribution in [-0.4, -0.2) is 37.1 Å². The number of piperidine rings is 1. The summed E-state index contributed by atoms with van der Waals surface area (Å²) >= 11 is 0. The van der Waals surface area contributed by atoms with Gasteiger partial charge in [-0.05, 0) is 38.8 Å². The van der Waals surface area contributed by atoms with Crippen LogP contribution in [0.5, 0.6) is 0 Å². The van der Waals surface area contributed by atoms with Crippen LogP contribution in [0.25, 0.3) is 0 Å². The molecule has 1 N–H and O–H groups in total. The Morgan fingerprint density at radius 3 is 2.33 bits per heavy atom. The summed E-state index contributed by atoms with van der Waals surface area (Å²) in [6.45, 7) is 7.58. The zero-order chi connectivity index (χ0) is 8.39. The van der Waals surface area contributed by atoms with Crippen LogP contribution in [0.3, 0.4) is 0 Å². The molecule has 0 saturated carbocycles. The molecule has 2 fully saturated rings. The molecule has 1 atom stereocenters. The molecule has 0 amide bonds. The maximum Gasteiger partial charge on any atom is 0.0119 e. The van der Waals surface area contributed by atoms with Crippen molar-refractivity contribution in [3.05, 3.63) is 0 Å². The highest BCUT2D eigenvalue weighted by atomic mass is 15.2. The third kappa shape index (κ3) is 1.64. The molecule has 2 nitrogen and oxygen atoms in total. The van der Waals surface area contributed by atoms with E-state index in [2.05, 4.69) is 17.1 Å². The first-order valence-electron chi connectivity index (χ1n) is 5.32. The molecule has 0 aromatic rings. The van der Waals surface area contributed by atoms with Gasteiger partial charge in [-0.1, -0.05) is 6.42 Å². The van der Waals surface area contributed by atoms with Crippen molar-refractivity contribution in [2.24, 2.45) is 5.92 Å². The molecule has 2 aliphatic rings. The first kappa shape index (κ1) is 8.52. The van der Waals surface area contributed by atoms with Gasteiger partial charge >= 0.3 is 0 Å². The lowest BCUT2D eigenvalue weighted by atomic mass is 9.92. The molecule has 0 aromatic carbocycles. The van der Waals surface area contributed by atoms with Crippen LogP contribution in [-0.2, 0) is 0 Å². The predicted molar refractivity (Wildman–Crippen MR) is 51.2 cm³/mol. The summed E-state index contributed by atoms with van der Waals surface area (Å²) in [5.74, 6) is 0.933. The molecular formula is C10H20N2. The smallest absolute Gasteiger partial charge is 0.0119 e. The van der Waals surface area contributed by atoms with Crippen molar-refractivity contribution in [2.75, 3.05) is 26.2 Å². The SMILES string of the molecule is CC(C1CNC1)N1CCCCC1. The molecule has 12 heavy (non-hydrogen) atoms. The molecule has 0 bridgehead atoms. The molecule has 0 spiro atoms. The van der Waals surface area contributed by atoms with E-state index in [9.17, 15) is 0 Å². The van der Waals surface area contributed by atoms with Crippen LogP contribution in [0.1, 0.15) is 26.2 Å². The fraction of sp³-hybridized carbons (Fsp3) is 1.00. The molecule has 2 rings (SSSR count). The number of hydrogen-bond donors (Lipinski definition) is 1. The van der Waals surface area contributed by atoms with Gasteiger partial charge in [-0.2, -0.15) is 0 Å². The average molecular weight is 168 g/mol. The van der Waals surface area contributed by atoms with Gasteiger partial charge in [0.2, 0.25) is 0 Å². The Morgan fingerprint density at radius 1 is 1.17 bits per heavy atom. The molecule has 0 radical (unpaired) electrons. The van der Waals surface area contributed by atoms with E-state index < -0.39 is 0 Å². The largest absolute Gasteiger partial charge is 0.316 e. The van der Waals surface area contributed by atoms with Gasteiger partial charge in [0.25, 0.3) is 0 Å². The highest BCUT2D eigenvalue weighted by Crippen LogP contribution is 2.19. The van der Waals surface area contributed by atoms with Gasteiger partial charge in [-0.15, -0.1) is 0 Å². The minimum absolute atomic E-state index is 0.826. The van der Waals surface area contributed by atoms with Crippen LogP contribution in [0, 0.1) is 5.92 Å². The fourth-order valence-electron chi connectivity index (χ4n) is 2.28. The van der Waals surface area contributed by atoms with Gasteiger partial charge in [0.1, 0.15) is 0 Å². The van der Waals surface area contributed by atoms with Crippen molar-refractivity contribution < 1.29 is 0 Å². The first-order valence-corrected chi connectivity index (χ1v) is 5.32. The van der Waals surface area contributed by atoms with E-state index in [1.165, 1.54) is 45.4 Å². The lowest BCUT2D eigenvalue weighted by Gasteiger charge is -2.41. The third-order valence-corrected chi connectivity index (χ3v) is 3.46. The molecular weight excluding hydrogens is 148 g/mol. The molecule has 1 unspecified atom stereocenters. The minimum atomic E-state index is 0.826. The summed E-state index contributed by atoms with van der Waals surface area (Å²) in [7, 11) is 0. The number of nitrogens with one attached hydrogen (secondary N) is 1. The van der Waals surface area contributed by atoms with Crippen molar-refractivity contribution in [2.45, 2.75) is 32.2 Å². The van der Waals surface area contributed by atoms with E-state index in [1.54, 1.807) is 0 Å². The topological polar surface area (TPSA) is 15.3 Å². The quantitative estimate of drug-likeness (QED) is 0.664. The summed E-state index contributed by atoms with van der Waals surface area (Å²) in [6, 6.07) is 0.826. The summed E-state index contributed by atoms with van der Waals surface area (Å²) in [5, 5.41) is 3.35. The molecule has 2 aliphatic heterocycles. The monoisotopic (exact) mass is 168 g/mol. The standard InChI is InChI=1S/C10H20N2/c1-9(10-7-11-8-10)12-5-3-2-4-6-12/h9-11H,2-8H2,1H3. The van der Waals surface area contributed by atoms with Crippen LogP contribution in [0.2, 0.25) is 0 Å². The molecule has 2 heterocycles. The van der Waals surface area contributed by atoms with Crippen molar-refractivity contribution >= 4 is 0 Å². The summed E-state index contributed by atoms with van der Waals surface area (Å²) in [5.41, 5.74) is 0. The summed E-state index contributed by atoms with van der Waals surface area (Å²) in [4.78, 5) is 2.68. The van der Waals surface area contributed by atoms with Crippen LogP contribution in [0.4, 0.5) is 0 Å². The molecule has 2 heteroatoms. The van der Waals surface area contributed by atoms with E-state index >= 15 is 0 Å². The van der Waals surface area contributed by atoms with Crippen molar-refractivity contribution in [3.63, 3.8) is 0 Å². The van der Waals surface area contributed by atoms with Crippen LogP contribution < -0.4 is 5.32 Å². The summed E-state index contributed by atoms with van der Waals surface area (Å²) in [6.07, 6.45) is 4.29. The zero-order valence-electron chi connectivity index (χ0n) is 8.05. The highest BCUT2D eigenvalue weighted by Gasteiger charge is 2.28. The van der Waals surface area contributed by atoms with Gasteiger partial charge in [-0.25, -0.2) is 0 Å². The number of nitrogens with zero attached hydrogens (tertiary/aromatic N) is 1. The maximum atomic E-state index is 3.35.